The second kappa shape index (κ2) is 31.2. The molecule has 0 bridgehead atoms. The Kier molecular flexibility index (Phi) is 19.4. The first-order valence-corrected chi connectivity index (χ1v) is 48.7. The summed E-state index contributed by atoms with van der Waals surface area (Å²) in [6.07, 6.45) is 10.8. The van der Waals surface area contributed by atoms with Crippen molar-refractivity contribution in [1.29, 1.82) is 0 Å². The van der Waals surface area contributed by atoms with Crippen LogP contribution in [0.15, 0.2) is 322 Å². The van der Waals surface area contributed by atoms with E-state index in [4.69, 9.17) is 4.84 Å². The summed E-state index contributed by atoms with van der Waals surface area (Å²) in [5, 5.41) is 29.9. The van der Waals surface area contributed by atoms with Crippen LogP contribution in [0.25, 0.3) is 152 Å². The number of benzene rings is 14. The molecule has 17 heteroatoms. The zero-order valence-corrected chi connectivity index (χ0v) is 75.9. The molecule has 0 aliphatic carbocycles. The second-order valence-electron chi connectivity index (χ2n) is 35.8. The van der Waals surface area contributed by atoms with Crippen molar-refractivity contribution >= 4 is 212 Å². The summed E-state index contributed by atoms with van der Waals surface area (Å²) in [5.74, 6) is 0. The van der Waals surface area contributed by atoms with E-state index in [0.717, 1.165) is 52.4 Å². The Morgan fingerprint density at radius 3 is 0.835 bits per heavy atom. The highest BCUT2D eigenvalue weighted by Crippen LogP contribution is 2.43. The SMILES string of the molecule is CN1C[n+]2cccc3ccc4cccc1c4c32.CON1C[n+]2cccc3ccc4cccc1c4c32.CSN1C[n+]2cccc3ccc4cccc1c4c32.C[Si](C)(C)N1C[n+]2cccc3ccc4cccc1c4c32.Cc1ccc2ccc3cccc4c3c2[n+]1CN4C.Cc1ccc2ccc3cccc4c3c2[n+]1CN4C.Cc1ccc2ccc3cccc4c3c2[n+]1CN4C. The van der Waals surface area contributed by atoms with E-state index in [9.17, 15) is 0 Å². The molecule has 21 aromatic rings. The topological polar surface area (TPSA) is 59.1 Å². The highest BCUT2D eigenvalue weighted by atomic mass is 32.2. The Morgan fingerprint density at radius 2 is 0.496 bits per heavy atom. The molecule has 0 N–H and O–H groups in total. The van der Waals surface area contributed by atoms with Crippen molar-refractivity contribution in [2.24, 2.45) is 0 Å². The number of aryl methyl sites for hydroxylation is 3. The van der Waals surface area contributed by atoms with Gasteiger partial charge in [-0.3, -0.25) is 9.14 Å². The number of nitrogens with zero attached hydrogens (tertiary/aromatic N) is 14. The van der Waals surface area contributed by atoms with Gasteiger partial charge in [-0.05, 0) is 177 Å². The molecule has 0 saturated heterocycles. The van der Waals surface area contributed by atoms with Gasteiger partial charge in [0, 0.05) is 141 Å². The van der Waals surface area contributed by atoms with Gasteiger partial charge in [-0.2, -0.15) is 37.0 Å². The monoisotopic (exact) mass is 1700 g/mol. The zero-order chi connectivity index (χ0) is 86.4. The van der Waals surface area contributed by atoms with Crippen LogP contribution in [0.5, 0.6) is 0 Å². The van der Waals surface area contributed by atoms with Crippen LogP contribution in [-0.4, -0.2) is 49.8 Å². The minimum Gasteiger partial charge on any atom is -0.345 e. The van der Waals surface area contributed by atoms with Crippen molar-refractivity contribution in [2.45, 2.75) is 87.1 Å². The first-order valence-electron chi connectivity index (χ1n) is 44.1. The molecule has 0 radical (unpaired) electrons. The number of pyridine rings is 7. The predicted molar refractivity (Wildman–Crippen MR) is 531 cm³/mol. The highest BCUT2D eigenvalue weighted by molar-refractivity contribution is 7.99. The highest BCUT2D eigenvalue weighted by Gasteiger charge is 2.36. The van der Waals surface area contributed by atoms with Crippen LogP contribution >= 0.6 is 11.9 Å². The number of anilines is 7. The van der Waals surface area contributed by atoms with E-state index in [-0.39, 0.29) is 0 Å². The summed E-state index contributed by atoms with van der Waals surface area (Å²) in [5.41, 5.74) is 22.7. The van der Waals surface area contributed by atoms with Crippen LogP contribution < -0.4 is 65.5 Å². The molecule has 7 aliphatic rings. The summed E-state index contributed by atoms with van der Waals surface area (Å²) >= 11 is 1.78. The maximum absolute atomic E-state index is 5.48. The molecule has 0 spiro atoms. The first kappa shape index (κ1) is 78.8. The molecule has 14 aromatic carbocycles. The van der Waals surface area contributed by atoms with Crippen molar-refractivity contribution < 1.29 is 36.8 Å². The molecule has 0 atom stereocenters. The minimum atomic E-state index is -1.40. The smallest absolute Gasteiger partial charge is 0.246 e. The molecule has 15 nitrogen and oxygen atoms in total. The quantitative estimate of drug-likeness (QED) is 0.0745. The van der Waals surface area contributed by atoms with Crippen molar-refractivity contribution in [3.8, 4) is 0 Å². The van der Waals surface area contributed by atoms with Crippen molar-refractivity contribution in [3.63, 3.8) is 0 Å². The van der Waals surface area contributed by atoms with Crippen LogP contribution in [0.1, 0.15) is 17.1 Å². The molecule has 622 valence electrons. The third kappa shape index (κ3) is 13.2. The van der Waals surface area contributed by atoms with Gasteiger partial charge >= 0.3 is 0 Å². The second-order valence-corrected chi connectivity index (χ2v) is 41.5. The summed E-state index contributed by atoms with van der Waals surface area (Å²) in [6, 6.07) is 107. The number of hydrogen-bond donors (Lipinski definition) is 0. The van der Waals surface area contributed by atoms with Gasteiger partial charge < -0.3 is 24.2 Å². The first-order chi connectivity index (χ1) is 61.9. The summed E-state index contributed by atoms with van der Waals surface area (Å²) in [6.45, 7) is 20.1. The summed E-state index contributed by atoms with van der Waals surface area (Å²) < 4.78 is 21.5. The summed E-state index contributed by atoms with van der Waals surface area (Å²) in [7, 11) is 8.95. The lowest BCUT2D eigenvalue weighted by molar-refractivity contribution is -0.676. The molecule has 0 fully saturated rings. The fraction of sp³-hybridized carbons (Fsp3) is 0.173. The Balaban J connectivity index is 0.0000000875. The van der Waals surface area contributed by atoms with Crippen molar-refractivity contribution in [1.82, 2.24) is 0 Å². The van der Waals surface area contributed by atoms with Gasteiger partial charge in [0.25, 0.3) is 0 Å². The lowest BCUT2D eigenvalue weighted by Crippen LogP contribution is -2.56. The maximum atomic E-state index is 5.48. The van der Waals surface area contributed by atoms with E-state index < -0.39 is 8.24 Å². The molecule has 28 rings (SSSR count). The van der Waals surface area contributed by atoms with Crippen LogP contribution in [0, 0.1) is 20.8 Å². The fourth-order valence-electron chi connectivity index (χ4n) is 20.9. The lowest BCUT2D eigenvalue weighted by Gasteiger charge is -2.36. The van der Waals surface area contributed by atoms with Gasteiger partial charge in [0.2, 0.25) is 85.3 Å². The van der Waals surface area contributed by atoms with Gasteiger partial charge in [-0.1, -0.05) is 147 Å². The number of hydrogen-bond acceptors (Lipinski definition) is 9. The predicted octanol–water partition coefficient (Wildman–Crippen LogP) is 21.5. The minimum absolute atomic E-state index is 0.726. The molecular weight excluding hydrogens is 1590 g/mol. The number of aromatic nitrogens is 7. The Hall–Kier alpha value is -14.1. The third-order valence-corrected chi connectivity index (χ3v) is 29.9. The van der Waals surface area contributed by atoms with Gasteiger partial charge in [0.05, 0.1) is 78.9 Å². The van der Waals surface area contributed by atoms with Gasteiger partial charge in [0.15, 0.2) is 50.1 Å². The molecule has 7 aliphatic heterocycles. The van der Waals surface area contributed by atoms with Crippen LogP contribution in [0.3, 0.4) is 0 Å². The van der Waals surface area contributed by atoms with E-state index in [0.29, 0.717) is 0 Å². The molecule has 0 amide bonds. The fourth-order valence-corrected chi connectivity index (χ4v) is 23.0. The van der Waals surface area contributed by atoms with E-state index in [2.05, 4.69) is 457 Å². The Labute approximate surface area is 744 Å². The Bertz CT molecular complexity index is 7700. The average Bonchev–Trinajstić information content (AvgIpc) is 0.681. The maximum Gasteiger partial charge on any atom is 0.246 e. The van der Waals surface area contributed by atoms with Crippen LogP contribution in [0.2, 0.25) is 19.6 Å². The summed E-state index contributed by atoms with van der Waals surface area (Å²) in [4.78, 5) is 14.7. The van der Waals surface area contributed by atoms with Gasteiger partial charge in [-0.25, -0.2) is 0 Å². The molecule has 0 saturated carbocycles. The molecule has 7 aromatic heterocycles. The van der Waals surface area contributed by atoms with Crippen molar-refractivity contribution in [2.75, 3.05) is 75.1 Å². The average molecular weight is 1700 g/mol. The Morgan fingerprint density at radius 1 is 0.252 bits per heavy atom. The van der Waals surface area contributed by atoms with E-state index in [1.54, 1.807) is 19.1 Å². The van der Waals surface area contributed by atoms with E-state index >= 15 is 0 Å². The van der Waals surface area contributed by atoms with Crippen LogP contribution in [0.4, 0.5) is 39.8 Å². The normalized spacial score (nSPS) is 13.9. The molecule has 127 heavy (non-hydrogen) atoms. The largest absolute Gasteiger partial charge is 0.345 e. The zero-order valence-electron chi connectivity index (χ0n) is 74.1. The number of hydroxylamine groups is 1. The lowest BCUT2D eigenvalue weighted by atomic mass is 10.0. The van der Waals surface area contributed by atoms with Gasteiger partial charge in [0.1, 0.15) is 0 Å². The molecule has 14 heterocycles. The third-order valence-electron chi connectivity index (χ3n) is 27.1. The van der Waals surface area contributed by atoms with Crippen molar-refractivity contribution in [3.05, 3.63) is 339 Å². The van der Waals surface area contributed by atoms with Gasteiger partial charge in [-0.15, -0.1) is 0 Å². The molecule has 0 unspecified atom stereocenters. The van der Waals surface area contributed by atoms with E-state index in [1.807, 2.05) is 5.06 Å². The molecular formula is C110H103N14OSSi+7. The van der Waals surface area contributed by atoms with E-state index in [1.165, 1.54) is 203 Å². The number of rotatable bonds is 3. The van der Waals surface area contributed by atoms with Crippen LogP contribution in [-0.2, 0) is 51.5 Å². The standard InChI is InChI=1S/C17H19N2Si.3C16H15N2.C15H13N2O.C15H13N2S.C15H13N2/c1-20(2,3)19-12-18-11-5-7-14-10-9-13-6-4-8-15(19)16(13)17(14)18;3*1-11-6-7-13-9-8-12-4-3-5-14-15(12)16(13)18(11)10-17(14)2;2*1-18-17-10-16-9-3-5-12-8-7-11-4-2-6-13(17)14(11)15(12)16;1-16-10-17-9-3-5-12-8-7-11-4-2-6-13(16)14(11)15(12)17/h4-11H,12H2,1-3H3;3*3-9H,10H2,1-2H3;2*2-9H,10H2,1H3;2-9H,10H2,1H3/q7*+1.